The minimum absolute atomic E-state index is 0.582. The van der Waals surface area contributed by atoms with E-state index in [2.05, 4.69) is 4.99 Å². The molecular weight excluding hydrogens is 190 g/mol. The maximum atomic E-state index is 10.7. The molecule has 1 heterocycles. The highest BCUT2D eigenvalue weighted by Crippen LogP contribution is 2.22. The Morgan fingerprint density at radius 2 is 2.00 bits per heavy atom. The van der Waals surface area contributed by atoms with Crippen LogP contribution in [0.15, 0.2) is 35.3 Å². The fraction of sp³-hybridized carbons (Fsp3) is 0.167. The molecule has 0 spiro atoms. The van der Waals surface area contributed by atoms with E-state index in [1.165, 1.54) is 11.8 Å². The number of hydrogen-bond acceptors (Lipinski definition) is 2. The maximum absolute atomic E-state index is 10.7. The largest absolute Gasteiger partial charge is 0.481 e. The third kappa shape index (κ3) is 1.96. The van der Waals surface area contributed by atoms with Crippen LogP contribution in [0.2, 0.25) is 0 Å². The molecule has 0 unspecified atom stereocenters. The molecule has 1 aromatic rings. The first-order valence-electron chi connectivity index (χ1n) is 4.72. The third-order valence-corrected chi connectivity index (χ3v) is 2.34. The fourth-order valence-corrected chi connectivity index (χ4v) is 1.45. The Hall–Kier alpha value is -1.90. The van der Waals surface area contributed by atoms with E-state index in [4.69, 9.17) is 5.11 Å². The van der Waals surface area contributed by atoms with Crippen molar-refractivity contribution >= 4 is 17.9 Å². The summed E-state index contributed by atoms with van der Waals surface area (Å²) in [5, 5.41) is 8.79. The molecule has 2 rings (SSSR count). The van der Waals surface area contributed by atoms with Gasteiger partial charge in [-0.3, -0.25) is 9.79 Å². The van der Waals surface area contributed by atoms with Crippen LogP contribution in [0, 0.1) is 12.8 Å². The van der Waals surface area contributed by atoms with E-state index < -0.39 is 11.9 Å². The van der Waals surface area contributed by atoms with Gasteiger partial charge in [0.15, 0.2) is 0 Å². The lowest BCUT2D eigenvalue weighted by Crippen LogP contribution is -2.09. The van der Waals surface area contributed by atoms with E-state index in [9.17, 15) is 4.79 Å². The van der Waals surface area contributed by atoms with Crippen LogP contribution in [-0.4, -0.2) is 17.3 Å². The molecule has 3 nitrogen and oxygen atoms in total. The van der Waals surface area contributed by atoms with Crippen LogP contribution in [0.3, 0.4) is 0 Å². The van der Waals surface area contributed by atoms with Gasteiger partial charge in [0.05, 0.1) is 5.70 Å². The molecule has 0 aliphatic carbocycles. The summed E-state index contributed by atoms with van der Waals surface area (Å²) in [5.74, 6) is -1.44. The molecule has 0 saturated heterocycles. The number of nitrogens with zero attached hydrogens (tertiary/aromatic N) is 1. The highest BCUT2D eigenvalue weighted by atomic mass is 16.4. The Morgan fingerprint density at radius 3 is 2.53 bits per heavy atom. The van der Waals surface area contributed by atoms with Gasteiger partial charge in [-0.05, 0) is 18.6 Å². The highest BCUT2D eigenvalue weighted by molar-refractivity contribution is 5.98. The first-order valence-corrected chi connectivity index (χ1v) is 4.72. The molecule has 1 aliphatic rings. The Balaban J connectivity index is 2.27. The summed E-state index contributed by atoms with van der Waals surface area (Å²) < 4.78 is 0. The summed E-state index contributed by atoms with van der Waals surface area (Å²) in [6.07, 6.45) is 3.12. The Kier molecular flexibility index (Phi) is 2.37. The van der Waals surface area contributed by atoms with Gasteiger partial charge in [0, 0.05) is 6.21 Å². The zero-order valence-corrected chi connectivity index (χ0v) is 8.34. The van der Waals surface area contributed by atoms with Crippen molar-refractivity contribution in [2.75, 3.05) is 0 Å². The number of carboxylic acid groups (broad SMARTS) is 1. The standard InChI is InChI=1S/C12H11NO2/c1-8-2-4-9(5-3-8)11-6-10(7-13-11)12(14)15/h2-7,10H,1H3,(H,14,15)/t10-/m0/s1. The van der Waals surface area contributed by atoms with Gasteiger partial charge in [0.25, 0.3) is 0 Å². The summed E-state index contributed by atoms with van der Waals surface area (Å²) in [5.41, 5.74) is 2.87. The monoisotopic (exact) mass is 201 g/mol. The lowest BCUT2D eigenvalue weighted by Gasteiger charge is -1.99. The number of aliphatic imine (C=N–C) groups is 1. The molecule has 0 saturated carbocycles. The SMILES string of the molecule is Cc1ccc(C2=C[C@H](C(=O)O)C=N2)cc1. The maximum Gasteiger partial charge on any atom is 0.315 e. The number of rotatable bonds is 2. The molecule has 0 fully saturated rings. The minimum Gasteiger partial charge on any atom is -0.481 e. The van der Waals surface area contributed by atoms with Crippen molar-refractivity contribution < 1.29 is 9.90 Å². The molecule has 3 heteroatoms. The zero-order chi connectivity index (χ0) is 10.8. The number of carbonyl (C=O) groups is 1. The van der Waals surface area contributed by atoms with Crippen molar-refractivity contribution in [3.8, 4) is 0 Å². The number of benzene rings is 1. The van der Waals surface area contributed by atoms with Crippen molar-refractivity contribution in [3.05, 3.63) is 41.5 Å². The second kappa shape index (κ2) is 3.69. The molecule has 0 aromatic heterocycles. The third-order valence-electron chi connectivity index (χ3n) is 2.34. The van der Waals surface area contributed by atoms with Crippen molar-refractivity contribution in [2.24, 2.45) is 10.9 Å². The second-order valence-electron chi connectivity index (χ2n) is 3.56. The summed E-state index contributed by atoms with van der Waals surface area (Å²) in [7, 11) is 0. The van der Waals surface area contributed by atoms with Gasteiger partial charge >= 0.3 is 5.97 Å². The van der Waals surface area contributed by atoms with Gasteiger partial charge < -0.3 is 5.11 Å². The van der Waals surface area contributed by atoms with Gasteiger partial charge in [-0.1, -0.05) is 29.8 Å². The summed E-state index contributed by atoms with van der Waals surface area (Å²) in [6.45, 7) is 2.01. The van der Waals surface area contributed by atoms with Crippen LogP contribution in [0.5, 0.6) is 0 Å². The lowest BCUT2D eigenvalue weighted by atomic mass is 10.1. The predicted octanol–water partition coefficient (Wildman–Crippen LogP) is 2.12. The molecule has 1 atom stereocenters. The van der Waals surface area contributed by atoms with Crippen LogP contribution in [-0.2, 0) is 4.79 Å². The van der Waals surface area contributed by atoms with Gasteiger partial charge in [-0.2, -0.15) is 0 Å². The summed E-state index contributed by atoms with van der Waals surface area (Å²) >= 11 is 0. The summed E-state index contributed by atoms with van der Waals surface area (Å²) in [4.78, 5) is 14.8. The van der Waals surface area contributed by atoms with Crippen molar-refractivity contribution in [3.63, 3.8) is 0 Å². The lowest BCUT2D eigenvalue weighted by molar-refractivity contribution is -0.137. The number of aliphatic carboxylic acids is 1. The van der Waals surface area contributed by atoms with Crippen LogP contribution in [0.1, 0.15) is 11.1 Å². The smallest absolute Gasteiger partial charge is 0.315 e. The van der Waals surface area contributed by atoms with E-state index in [-0.39, 0.29) is 0 Å². The van der Waals surface area contributed by atoms with Gasteiger partial charge in [-0.25, -0.2) is 0 Å². The molecule has 15 heavy (non-hydrogen) atoms. The Labute approximate surface area is 87.8 Å². The normalized spacial score (nSPS) is 19.0. The fourth-order valence-electron chi connectivity index (χ4n) is 1.45. The Morgan fingerprint density at radius 1 is 1.33 bits per heavy atom. The minimum atomic E-state index is -0.860. The van der Waals surface area contributed by atoms with Crippen LogP contribution in [0.25, 0.3) is 5.70 Å². The van der Waals surface area contributed by atoms with Crippen molar-refractivity contribution in [2.45, 2.75) is 6.92 Å². The van der Waals surface area contributed by atoms with Gasteiger partial charge in [-0.15, -0.1) is 0 Å². The summed E-state index contributed by atoms with van der Waals surface area (Å²) in [6, 6.07) is 7.87. The molecular formula is C12H11NO2. The van der Waals surface area contributed by atoms with E-state index in [0.29, 0.717) is 0 Å². The van der Waals surface area contributed by atoms with Gasteiger partial charge in [0.2, 0.25) is 0 Å². The molecule has 76 valence electrons. The average Bonchev–Trinajstić information content (AvgIpc) is 2.68. The average molecular weight is 201 g/mol. The molecule has 1 aliphatic heterocycles. The number of aryl methyl sites for hydroxylation is 1. The Bertz CT molecular complexity index is 443. The quantitative estimate of drug-likeness (QED) is 0.796. The first kappa shape index (κ1) is 9.65. The van der Waals surface area contributed by atoms with Crippen LogP contribution in [0.4, 0.5) is 0 Å². The molecule has 1 aromatic carbocycles. The topological polar surface area (TPSA) is 49.7 Å². The molecule has 0 radical (unpaired) electrons. The first-order chi connectivity index (χ1) is 7.16. The van der Waals surface area contributed by atoms with E-state index in [1.807, 2.05) is 31.2 Å². The number of hydrogen-bond donors (Lipinski definition) is 1. The van der Waals surface area contributed by atoms with Crippen LogP contribution >= 0.6 is 0 Å². The predicted molar refractivity (Wildman–Crippen MR) is 58.8 cm³/mol. The number of carboxylic acids is 1. The van der Waals surface area contributed by atoms with Crippen molar-refractivity contribution in [1.29, 1.82) is 0 Å². The van der Waals surface area contributed by atoms with Crippen molar-refractivity contribution in [1.82, 2.24) is 0 Å². The van der Waals surface area contributed by atoms with Crippen LogP contribution < -0.4 is 0 Å². The van der Waals surface area contributed by atoms with E-state index in [1.54, 1.807) is 6.08 Å². The zero-order valence-electron chi connectivity index (χ0n) is 8.34. The molecule has 0 bridgehead atoms. The molecule has 1 N–H and O–H groups in total. The molecule has 0 amide bonds. The van der Waals surface area contributed by atoms with E-state index in [0.717, 1.165) is 11.3 Å². The van der Waals surface area contributed by atoms with Gasteiger partial charge in [0.1, 0.15) is 5.92 Å². The van der Waals surface area contributed by atoms with E-state index >= 15 is 0 Å². The highest BCUT2D eigenvalue weighted by Gasteiger charge is 2.18. The second-order valence-corrected chi connectivity index (χ2v) is 3.56.